The van der Waals surface area contributed by atoms with Gasteiger partial charge in [-0.15, -0.1) is 0 Å². The number of carbonyl (C=O) groups is 1. The summed E-state index contributed by atoms with van der Waals surface area (Å²) in [5, 5.41) is 0.644. The van der Waals surface area contributed by atoms with E-state index >= 15 is 0 Å². The van der Waals surface area contributed by atoms with Gasteiger partial charge in [-0.1, -0.05) is 47.7 Å². The number of ether oxygens (including phenoxy) is 1. The molecule has 2 aromatic heterocycles. The van der Waals surface area contributed by atoms with E-state index in [4.69, 9.17) is 4.74 Å². The lowest BCUT2D eigenvalue weighted by molar-refractivity contribution is -0.120. The molecule has 0 atom stereocenters. The predicted molar refractivity (Wildman–Crippen MR) is 112 cm³/mol. The van der Waals surface area contributed by atoms with Crippen molar-refractivity contribution < 1.29 is 9.53 Å². The Labute approximate surface area is 167 Å². The molecule has 4 aromatic rings. The molecule has 1 amide bonds. The molecule has 0 bridgehead atoms. The molecule has 2 aromatic carbocycles. The highest BCUT2D eigenvalue weighted by Crippen LogP contribution is 2.29. The predicted octanol–water partition coefficient (Wildman–Crippen LogP) is 4.61. The molecule has 0 saturated heterocycles. The SMILES string of the molecule is Cc1ccccc1OCC(=O)N(Cc1ccccn1)c1nc2ccccc2s1. The number of thiazole rings is 1. The van der Waals surface area contributed by atoms with Crippen molar-refractivity contribution in [1.29, 1.82) is 0 Å². The number of anilines is 1. The van der Waals surface area contributed by atoms with Gasteiger partial charge in [-0.3, -0.25) is 14.7 Å². The van der Waals surface area contributed by atoms with E-state index in [9.17, 15) is 4.79 Å². The fraction of sp³-hybridized carbons (Fsp3) is 0.136. The second kappa shape index (κ2) is 8.19. The first kappa shape index (κ1) is 18.1. The van der Waals surface area contributed by atoms with E-state index in [1.54, 1.807) is 11.1 Å². The van der Waals surface area contributed by atoms with Crippen LogP contribution < -0.4 is 9.64 Å². The number of hydrogen-bond donors (Lipinski definition) is 0. The molecule has 6 heteroatoms. The first-order valence-electron chi connectivity index (χ1n) is 8.95. The van der Waals surface area contributed by atoms with E-state index < -0.39 is 0 Å². The Bertz CT molecular complexity index is 1060. The maximum absolute atomic E-state index is 13.0. The van der Waals surface area contributed by atoms with Crippen LogP contribution in [0.5, 0.6) is 5.75 Å². The maximum Gasteiger partial charge on any atom is 0.267 e. The number of pyridine rings is 1. The normalized spacial score (nSPS) is 10.8. The van der Waals surface area contributed by atoms with Gasteiger partial charge in [0.2, 0.25) is 0 Å². The summed E-state index contributed by atoms with van der Waals surface area (Å²) in [5.74, 6) is 0.547. The second-order valence-electron chi connectivity index (χ2n) is 6.32. The molecule has 28 heavy (non-hydrogen) atoms. The third-order valence-electron chi connectivity index (χ3n) is 4.31. The van der Waals surface area contributed by atoms with Crippen molar-refractivity contribution in [2.24, 2.45) is 0 Å². The molecule has 0 saturated carbocycles. The summed E-state index contributed by atoms with van der Waals surface area (Å²) in [6.07, 6.45) is 1.72. The Balaban J connectivity index is 1.60. The van der Waals surface area contributed by atoms with Gasteiger partial charge < -0.3 is 4.74 Å². The molecule has 0 aliphatic heterocycles. The third-order valence-corrected chi connectivity index (χ3v) is 5.36. The second-order valence-corrected chi connectivity index (χ2v) is 7.33. The van der Waals surface area contributed by atoms with E-state index in [1.807, 2.05) is 73.7 Å². The molecule has 0 N–H and O–H groups in total. The first-order valence-corrected chi connectivity index (χ1v) is 9.76. The highest BCUT2D eigenvalue weighted by atomic mass is 32.1. The van der Waals surface area contributed by atoms with Crippen LogP contribution in [-0.2, 0) is 11.3 Å². The summed E-state index contributed by atoms with van der Waals surface area (Å²) in [7, 11) is 0. The maximum atomic E-state index is 13.0. The number of fused-ring (bicyclic) bond motifs is 1. The van der Waals surface area contributed by atoms with Crippen LogP contribution in [0.15, 0.2) is 72.9 Å². The molecule has 0 fully saturated rings. The zero-order chi connectivity index (χ0) is 19.3. The number of hydrogen-bond acceptors (Lipinski definition) is 5. The van der Waals surface area contributed by atoms with E-state index in [2.05, 4.69) is 9.97 Å². The molecule has 0 radical (unpaired) electrons. The van der Waals surface area contributed by atoms with E-state index in [0.717, 1.165) is 21.5 Å². The number of para-hydroxylation sites is 2. The van der Waals surface area contributed by atoms with E-state index in [1.165, 1.54) is 11.3 Å². The largest absolute Gasteiger partial charge is 0.483 e. The Kier molecular flexibility index (Phi) is 5.30. The van der Waals surface area contributed by atoms with Crippen LogP contribution in [0.1, 0.15) is 11.3 Å². The van der Waals surface area contributed by atoms with Crippen LogP contribution >= 0.6 is 11.3 Å². The number of aromatic nitrogens is 2. The van der Waals surface area contributed by atoms with E-state index in [-0.39, 0.29) is 12.5 Å². The first-order chi connectivity index (χ1) is 13.7. The minimum atomic E-state index is -0.159. The fourth-order valence-electron chi connectivity index (χ4n) is 2.83. The van der Waals surface area contributed by atoms with Gasteiger partial charge in [0.1, 0.15) is 5.75 Å². The van der Waals surface area contributed by atoms with Crippen LogP contribution in [-0.4, -0.2) is 22.5 Å². The van der Waals surface area contributed by atoms with Crippen molar-refractivity contribution in [2.75, 3.05) is 11.5 Å². The number of nitrogens with zero attached hydrogens (tertiary/aromatic N) is 3. The summed E-state index contributed by atoms with van der Waals surface area (Å²) < 4.78 is 6.82. The Morgan fingerprint density at radius 1 is 1.04 bits per heavy atom. The molecular weight excluding hydrogens is 370 g/mol. The van der Waals surface area contributed by atoms with Crippen molar-refractivity contribution >= 4 is 32.6 Å². The zero-order valence-corrected chi connectivity index (χ0v) is 16.2. The fourth-order valence-corrected chi connectivity index (χ4v) is 3.81. The molecule has 5 nitrogen and oxygen atoms in total. The van der Waals surface area contributed by atoms with Crippen LogP contribution in [0, 0.1) is 6.92 Å². The molecular formula is C22H19N3O2S. The van der Waals surface area contributed by atoms with Crippen LogP contribution in [0.4, 0.5) is 5.13 Å². The minimum absolute atomic E-state index is 0.0619. The van der Waals surface area contributed by atoms with E-state index in [0.29, 0.717) is 17.4 Å². The average Bonchev–Trinajstić information content (AvgIpc) is 3.16. The smallest absolute Gasteiger partial charge is 0.267 e. The highest BCUT2D eigenvalue weighted by molar-refractivity contribution is 7.22. The van der Waals surface area contributed by atoms with Gasteiger partial charge in [0.15, 0.2) is 11.7 Å². The van der Waals surface area contributed by atoms with Gasteiger partial charge in [-0.2, -0.15) is 0 Å². The summed E-state index contributed by atoms with van der Waals surface area (Å²) in [4.78, 5) is 23.7. The number of carbonyl (C=O) groups excluding carboxylic acids is 1. The van der Waals surface area contributed by atoms with Crippen LogP contribution in [0.2, 0.25) is 0 Å². The quantitative estimate of drug-likeness (QED) is 0.483. The van der Waals surface area contributed by atoms with Gasteiger partial charge >= 0.3 is 0 Å². The summed E-state index contributed by atoms with van der Waals surface area (Å²) in [6.45, 7) is 2.24. The van der Waals surface area contributed by atoms with Crippen molar-refractivity contribution in [3.05, 3.63) is 84.2 Å². The number of aryl methyl sites for hydroxylation is 1. The molecule has 0 spiro atoms. The number of rotatable bonds is 6. The third kappa shape index (κ3) is 4.02. The van der Waals surface area contributed by atoms with Crippen molar-refractivity contribution in [2.45, 2.75) is 13.5 Å². The minimum Gasteiger partial charge on any atom is -0.483 e. The Morgan fingerprint density at radius 2 is 1.82 bits per heavy atom. The Hall–Kier alpha value is -3.25. The molecule has 4 rings (SSSR count). The monoisotopic (exact) mass is 389 g/mol. The van der Waals surface area contributed by atoms with Gasteiger partial charge in [0.25, 0.3) is 5.91 Å². The zero-order valence-electron chi connectivity index (χ0n) is 15.4. The lowest BCUT2D eigenvalue weighted by Crippen LogP contribution is -2.34. The van der Waals surface area contributed by atoms with Gasteiger partial charge in [-0.05, 0) is 42.8 Å². The molecule has 0 aliphatic carbocycles. The standard InChI is InChI=1S/C22H19N3O2S/c1-16-8-2-4-11-19(16)27-15-21(26)25(14-17-9-6-7-13-23-17)22-24-18-10-3-5-12-20(18)28-22/h2-13H,14-15H2,1H3. The van der Waals surface area contributed by atoms with Gasteiger partial charge in [0, 0.05) is 6.20 Å². The van der Waals surface area contributed by atoms with Gasteiger partial charge in [0.05, 0.1) is 22.5 Å². The average molecular weight is 389 g/mol. The topological polar surface area (TPSA) is 55.3 Å². The number of amides is 1. The highest BCUT2D eigenvalue weighted by Gasteiger charge is 2.21. The summed E-state index contributed by atoms with van der Waals surface area (Å²) in [5.41, 5.74) is 2.67. The molecule has 0 unspecified atom stereocenters. The van der Waals surface area contributed by atoms with Crippen molar-refractivity contribution in [1.82, 2.24) is 9.97 Å². The van der Waals surface area contributed by atoms with Crippen LogP contribution in [0.25, 0.3) is 10.2 Å². The lowest BCUT2D eigenvalue weighted by Gasteiger charge is -2.20. The molecule has 0 aliphatic rings. The summed E-state index contributed by atoms with van der Waals surface area (Å²) >= 11 is 1.49. The summed E-state index contributed by atoms with van der Waals surface area (Å²) in [6, 6.07) is 21.2. The van der Waals surface area contributed by atoms with Crippen LogP contribution in [0.3, 0.4) is 0 Å². The molecule has 2 heterocycles. The van der Waals surface area contributed by atoms with Crippen molar-refractivity contribution in [3.8, 4) is 5.75 Å². The van der Waals surface area contributed by atoms with Crippen molar-refractivity contribution in [3.63, 3.8) is 0 Å². The van der Waals surface area contributed by atoms with Gasteiger partial charge in [-0.25, -0.2) is 4.98 Å². The Morgan fingerprint density at radius 3 is 2.61 bits per heavy atom. The molecule has 140 valence electrons. The lowest BCUT2D eigenvalue weighted by atomic mass is 10.2. The number of benzene rings is 2.